The molecular formula is C17H24NO3PS. The van der Waals surface area contributed by atoms with E-state index in [2.05, 4.69) is 4.98 Å². The second-order valence-electron chi connectivity index (χ2n) is 6.89. The van der Waals surface area contributed by atoms with Crippen LogP contribution in [0.25, 0.3) is 0 Å². The zero-order chi connectivity index (χ0) is 16.2. The Labute approximate surface area is 142 Å². The van der Waals surface area contributed by atoms with Gasteiger partial charge in [0, 0.05) is 11.6 Å². The summed E-state index contributed by atoms with van der Waals surface area (Å²) in [6.45, 7) is 4.35. The second kappa shape index (κ2) is 5.80. The number of H-pyrrole nitrogens is 1. The zero-order valence-electron chi connectivity index (χ0n) is 13.7. The molecule has 1 aromatic rings. The van der Waals surface area contributed by atoms with Gasteiger partial charge in [-0.2, -0.15) is 0 Å². The normalized spacial score (nSPS) is 31.4. The van der Waals surface area contributed by atoms with Crippen molar-refractivity contribution in [3.63, 3.8) is 0 Å². The van der Waals surface area contributed by atoms with Gasteiger partial charge in [-0.3, -0.25) is 4.57 Å². The van der Waals surface area contributed by atoms with E-state index in [9.17, 15) is 4.57 Å². The standard InChI is InChI=1S/C17H24NO3PS/c1-3-20-22(19,21-4-2)15-9-14-12-8-13(16(14)18-17(15)23)11-7-5-6-10(11)12/h9-13H,3-8H2,1-2H3,(H,18,23)/t10-,11-,12-,13-/m0/s1. The summed E-state index contributed by atoms with van der Waals surface area (Å²) in [7, 11) is -3.33. The van der Waals surface area contributed by atoms with Gasteiger partial charge in [-0.15, -0.1) is 0 Å². The molecule has 0 saturated heterocycles. The predicted molar refractivity (Wildman–Crippen MR) is 93.0 cm³/mol. The molecule has 3 aliphatic carbocycles. The molecule has 3 aliphatic rings. The Bertz CT molecular complexity index is 721. The van der Waals surface area contributed by atoms with E-state index in [1.807, 2.05) is 19.9 Å². The Kier molecular flexibility index (Phi) is 4.04. The molecule has 0 amide bonds. The summed E-state index contributed by atoms with van der Waals surface area (Å²) in [4.78, 5) is 3.41. The molecule has 23 heavy (non-hydrogen) atoms. The zero-order valence-corrected chi connectivity index (χ0v) is 15.4. The maximum absolute atomic E-state index is 13.1. The van der Waals surface area contributed by atoms with Crippen LogP contribution in [0, 0.1) is 16.5 Å². The number of hydrogen-bond acceptors (Lipinski definition) is 4. The minimum atomic E-state index is -3.33. The van der Waals surface area contributed by atoms with Crippen LogP contribution < -0.4 is 5.30 Å². The first-order valence-corrected chi connectivity index (χ1v) is 10.7. The summed E-state index contributed by atoms with van der Waals surface area (Å²) in [5.41, 5.74) is 2.62. The number of pyridine rings is 1. The molecule has 2 fully saturated rings. The lowest BCUT2D eigenvalue weighted by atomic mass is 9.80. The van der Waals surface area contributed by atoms with Gasteiger partial charge in [-0.1, -0.05) is 18.6 Å². The first-order valence-electron chi connectivity index (χ1n) is 8.75. The van der Waals surface area contributed by atoms with Crippen molar-refractivity contribution in [1.82, 2.24) is 4.98 Å². The highest BCUT2D eigenvalue weighted by molar-refractivity contribution is 7.72. The van der Waals surface area contributed by atoms with E-state index in [1.54, 1.807) is 0 Å². The highest BCUT2D eigenvalue weighted by Crippen LogP contribution is 2.64. The van der Waals surface area contributed by atoms with Crippen molar-refractivity contribution in [2.75, 3.05) is 13.2 Å². The fourth-order valence-corrected chi connectivity index (χ4v) is 7.35. The third-order valence-electron chi connectivity index (χ3n) is 5.91. The van der Waals surface area contributed by atoms with Gasteiger partial charge in [0.05, 0.1) is 18.5 Å². The molecule has 1 N–H and O–H groups in total. The summed E-state index contributed by atoms with van der Waals surface area (Å²) >= 11 is 5.52. The van der Waals surface area contributed by atoms with Gasteiger partial charge in [-0.25, -0.2) is 0 Å². The maximum atomic E-state index is 13.1. The van der Waals surface area contributed by atoms with Gasteiger partial charge in [0.15, 0.2) is 0 Å². The fourth-order valence-electron chi connectivity index (χ4n) is 5.21. The Hall–Kier alpha value is -0.480. The Balaban J connectivity index is 1.79. The monoisotopic (exact) mass is 353 g/mol. The minimum absolute atomic E-state index is 0.347. The van der Waals surface area contributed by atoms with Crippen LogP contribution >= 0.6 is 19.8 Å². The molecule has 2 bridgehead atoms. The Morgan fingerprint density at radius 1 is 1.22 bits per heavy atom. The van der Waals surface area contributed by atoms with Crippen molar-refractivity contribution in [2.24, 2.45) is 11.8 Å². The number of nitrogens with one attached hydrogen (secondary N) is 1. The molecule has 4 rings (SSSR count). The van der Waals surface area contributed by atoms with Crippen LogP contribution in [0.1, 0.15) is 62.6 Å². The third-order valence-corrected chi connectivity index (χ3v) is 8.53. The number of aromatic amines is 1. The third kappa shape index (κ3) is 2.31. The quantitative estimate of drug-likeness (QED) is 0.619. The molecule has 1 aromatic heterocycles. The van der Waals surface area contributed by atoms with Gasteiger partial charge in [0.1, 0.15) is 4.64 Å². The van der Waals surface area contributed by atoms with Gasteiger partial charge in [0.2, 0.25) is 0 Å². The molecule has 0 spiro atoms. The molecule has 2 saturated carbocycles. The number of fused-ring (bicyclic) bond motifs is 8. The average molecular weight is 353 g/mol. The van der Waals surface area contributed by atoms with Crippen LogP contribution in [0.4, 0.5) is 0 Å². The van der Waals surface area contributed by atoms with Gasteiger partial charge >= 0.3 is 7.60 Å². The lowest BCUT2D eigenvalue weighted by molar-refractivity contribution is 0.229. The van der Waals surface area contributed by atoms with Crippen molar-refractivity contribution in [1.29, 1.82) is 0 Å². The van der Waals surface area contributed by atoms with Gasteiger partial charge in [0.25, 0.3) is 0 Å². The van der Waals surface area contributed by atoms with Crippen molar-refractivity contribution in [3.8, 4) is 0 Å². The van der Waals surface area contributed by atoms with Crippen LogP contribution in [0.5, 0.6) is 0 Å². The van der Waals surface area contributed by atoms with Crippen molar-refractivity contribution < 1.29 is 13.6 Å². The second-order valence-corrected chi connectivity index (χ2v) is 9.29. The molecule has 0 radical (unpaired) electrons. The van der Waals surface area contributed by atoms with Crippen molar-refractivity contribution in [3.05, 3.63) is 22.0 Å². The highest BCUT2D eigenvalue weighted by Gasteiger charge is 2.53. The Morgan fingerprint density at radius 2 is 1.87 bits per heavy atom. The van der Waals surface area contributed by atoms with E-state index in [1.165, 1.54) is 36.9 Å². The first-order chi connectivity index (χ1) is 11.1. The lowest BCUT2D eigenvalue weighted by Crippen LogP contribution is -2.22. The number of hydrogen-bond donors (Lipinski definition) is 1. The Morgan fingerprint density at radius 3 is 2.52 bits per heavy atom. The molecule has 126 valence electrons. The van der Waals surface area contributed by atoms with E-state index < -0.39 is 7.60 Å². The highest BCUT2D eigenvalue weighted by atomic mass is 32.1. The van der Waals surface area contributed by atoms with E-state index >= 15 is 0 Å². The first kappa shape index (κ1) is 16.0. The molecule has 0 unspecified atom stereocenters. The molecule has 4 nitrogen and oxygen atoms in total. The smallest absolute Gasteiger partial charge is 0.349 e. The molecule has 1 heterocycles. The molecule has 0 aromatic carbocycles. The van der Waals surface area contributed by atoms with E-state index in [0.717, 1.165) is 11.8 Å². The van der Waals surface area contributed by atoms with Crippen LogP contribution in [0.3, 0.4) is 0 Å². The van der Waals surface area contributed by atoms with Crippen LogP contribution in [-0.2, 0) is 13.6 Å². The van der Waals surface area contributed by atoms with Crippen LogP contribution in [-0.4, -0.2) is 18.2 Å². The number of aromatic nitrogens is 1. The summed E-state index contributed by atoms with van der Waals surface area (Å²) in [6, 6.07) is 2.04. The van der Waals surface area contributed by atoms with Crippen molar-refractivity contribution in [2.45, 2.75) is 51.4 Å². The summed E-state index contributed by atoms with van der Waals surface area (Å²) in [6.07, 6.45) is 5.27. The SMILES string of the molecule is CCOP(=O)(OCC)c1cc2c([nH]c1=S)[C@H]1C[C@H]2[C@H]2CCC[C@@H]21. The largest absolute Gasteiger partial charge is 0.364 e. The summed E-state index contributed by atoms with van der Waals surface area (Å²) in [5.74, 6) is 2.86. The molecule has 0 aliphatic heterocycles. The van der Waals surface area contributed by atoms with Gasteiger partial charge < -0.3 is 14.0 Å². The van der Waals surface area contributed by atoms with Gasteiger partial charge in [-0.05, 0) is 62.5 Å². The maximum Gasteiger partial charge on any atom is 0.364 e. The van der Waals surface area contributed by atoms with E-state index in [0.29, 0.717) is 35.0 Å². The van der Waals surface area contributed by atoms with E-state index in [4.69, 9.17) is 21.3 Å². The predicted octanol–water partition coefficient (Wildman–Crippen LogP) is 4.64. The van der Waals surface area contributed by atoms with Crippen LogP contribution in [0.15, 0.2) is 6.07 Å². The summed E-state index contributed by atoms with van der Waals surface area (Å²) < 4.78 is 24.7. The topological polar surface area (TPSA) is 51.3 Å². The molecular weight excluding hydrogens is 329 g/mol. The van der Waals surface area contributed by atoms with Crippen LogP contribution in [0.2, 0.25) is 0 Å². The summed E-state index contributed by atoms with van der Waals surface area (Å²) in [5, 5.41) is 0.553. The minimum Gasteiger partial charge on any atom is -0.349 e. The fraction of sp³-hybridized carbons (Fsp3) is 0.706. The molecule has 6 heteroatoms. The van der Waals surface area contributed by atoms with Crippen molar-refractivity contribution >= 4 is 25.1 Å². The average Bonchev–Trinajstić information content (AvgIpc) is 3.18. The molecule has 4 atom stereocenters. The number of rotatable bonds is 5. The van der Waals surface area contributed by atoms with E-state index in [-0.39, 0.29) is 0 Å². The lowest BCUT2D eigenvalue weighted by Gasteiger charge is -2.28.